The van der Waals surface area contributed by atoms with Crippen LogP contribution in [0.4, 0.5) is 0 Å². The van der Waals surface area contributed by atoms with Crippen molar-refractivity contribution in [1.82, 2.24) is 9.78 Å². The number of hydrogen-bond donors (Lipinski definition) is 1. The molecule has 5 nitrogen and oxygen atoms in total. The summed E-state index contributed by atoms with van der Waals surface area (Å²) >= 11 is 3.27. The van der Waals surface area contributed by atoms with Crippen LogP contribution < -0.4 is 5.73 Å². The molecule has 84 valence electrons. The first-order valence-corrected chi connectivity index (χ1v) is 5.34. The number of methoxy groups -OCH3 is 1. The molecule has 0 saturated carbocycles. The van der Waals surface area contributed by atoms with E-state index in [0.29, 0.717) is 6.54 Å². The molecular weight excluding hydrogens is 262 g/mol. The average molecular weight is 276 g/mol. The maximum absolute atomic E-state index is 11.2. The molecule has 1 rings (SSSR count). The SMILES string of the molecule is COC(=O)CC(CN)c1cc(Br)nn1C. The molecule has 0 amide bonds. The van der Waals surface area contributed by atoms with Crippen molar-refractivity contribution in [2.75, 3.05) is 13.7 Å². The second-order valence-electron chi connectivity index (χ2n) is 3.23. The van der Waals surface area contributed by atoms with Crippen molar-refractivity contribution in [2.45, 2.75) is 12.3 Å². The third-order valence-corrected chi connectivity index (χ3v) is 2.62. The molecule has 0 spiro atoms. The van der Waals surface area contributed by atoms with Crippen LogP contribution in [0.5, 0.6) is 0 Å². The van der Waals surface area contributed by atoms with Crippen LogP contribution in [0.15, 0.2) is 10.7 Å². The van der Waals surface area contributed by atoms with Crippen molar-refractivity contribution < 1.29 is 9.53 Å². The zero-order chi connectivity index (χ0) is 11.4. The molecule has 0 aliphatic rings. The predicted molar refractivity (Wildman–Crippen MR) is 59.3 cm³/mol. The lowest BCUT2D eigenvalue weighted by Crippen LogP contribution is -2.19. The molecule has 0 aromatic carbocycles. The molecule has 1 atom stereocenters. The molecule has 0 fully saturated rings. The van der Waals surface area contributed by atoms with E-state index in [1.54, 1.807) is 4.68 Å². The summed E-state index contributed by atoms with van der Waals surface area (Å²) in [6, 6.07) is 1.86. The van der Waals surface area contributed by atoms with Gasteiger partial charge in [-0.15, -0.1) is 0 Å². The summed E-state index contributed by atoms with van der Waals surface area (Å²) in [5.41, 5.74) is 6.55. The van der Waals surface area contributed by atoms with Gasteiger partial charge >= 0.3 is 5.97 Å². The first-order valence-electron chi connectivity index (χ1n) is 4.54. The Bertz CT molecular complexity index is 351. The molecule has 0 radical (unpaired) electrons. The lowest BCUT2D eigenvalue weighted by atomic mass is 10.0. The number of halogens is 1. The van der Waals surface area contributed by atoms with Crippen molar-refractivity contribution in [3.63, 3.8) is 0 Å². The maximum Gasteiger partial charge on any atom is 0.306 e. The molecule has 1 heterocycles. The highest BCUT2D eigenvalue weighted by Crippen LogP contribution is 2.21. The number of ether oxygens (including phenoxy) is 1. The number of nitrogens with two attached hydrogens (primary N) is 1. The highest BCUT2D eigenvalue weighted by Gasteiger charge is 2.18. The number of rotatable bonds is 4. The smallest absolute Gasteiger partial charge is 0.306 e. The molecule has 1 unspecified atom stereocenters. The largest absolute Gasteiger partial charge is 0.469 e. The van der Waals surface area contributed by atoms with Gasteiger partial charge in [-0.05, 0) is 22.0 Å². The number of esters is 1. The normalized spacial score (nSPS) is 12.5. The topological polar surface area (TPSA) is 70.1 Å². The summed E-state index contributed by atoms with van der Waals surface area (Å²) in [6.45, 7) is 0.390. The van der Waals surface area contributed by atoms with E-state index in [1.807, 2.05) is 13.1 Å². The molecule has 1 aromatic rings. The van der Waals surface area contributed by atoms with Crippen molar-refractivity contribution in [3.8, 4) is 0 Å². The van der Waals surface area contributed by atoms with Crippen molar-refractivity contribution in [3.05, 3.63) is 16.4 Å². The van der Waals surface area contributed by atoms with Crippen LogP contribution >= 0.6 is 15.9 Å². The number of aryl methyl sites for hydroxylation is 1. The van der Waals surface area contributed by atoms with Crippen LogP contribution in [-0.2, 0) is 16.6 Å². The average Bonchev–Trinajstić information content (AvgIpc) is 2.54. The Morgan fingerprint density at radius 1 is 1.80 bits per heavy atom. The van der Waals surface area contributed by atoms with Gasteiger partial charge in [0, 0.05) is 25.2 Å². The van der Waals surface area contributed by atoms with Crippen molar-refractivity contribution in [1.29, 1.82) is 0 Å². The van der Waals surface area contributed by atoms with Gasteiger partial charge in [0.05, 0.1) is 13.5 Å². The summed E-state index contributed by atoms with van der Waals surface area (Å²) in [7, 11) is 3.19. The standard InChI is InChI=1S/C9H14BrN3O2/c1-13-7(4-8(10)12-13)6(5-11)3-9(14)15-2/h4,6H,3,5,11H2,1-2H3. The summed E-state index contributed by atoms with van der Waals surface area (Å²) in [6.07, 6.45) is 0.277. The number of carbonyl (C=O) groups excluding carboxylic acids is 1. The lowest BCUT2D eigenvalue weighted by Gasteiger charge is -2.13. The molecule has 0 aliphatic carbocycles. The molecule has 15 heavy (non-hydrogen) atoms. The monoisotopic (exact) mass is 275 g/mol. The number of nitrogens with zero attached hydrogens (tertiary/aromatic N) is 2. The Hall–Kier alpha value is -0.880. The quantitative estimate of drug-likeness (QED) is 0.825. The minimum atomic E-state index is -0.261. The van der Waals surface area contributed by atoms with Gasteiger partial charge in [-0.25, -0.2) is 0 Å². The first kappa shape index (κ1) is 12.2. The molecule has 6 heteroatoms. The molecule has 0 bridgehead atoms. The van der Waals surface area contributed by atoms with Gasteiger partial charge in [0.15, 0.2) is 0 Å². The van der Waals surface area contributed by atoms with Crippen LogP contribution in [0.1, 0.15) is 18.0 Å². The molecular formula is C9H14BrN3O2. The van der Waals surface area contributed by atoms with E-state index >= 15 is 0 Å². The molecule has 1 aromatic heterocycles. The minimum absolute atomic E-state index is 0.0544. The van der Waals surface area contributed by atoms with Crippen molar-refractivity contribution >= 4 is 21.9 Å². The van der Waals surface area contributed by atoms with Gasteiger partial charge in [0.1, 0.15) is 4.60 Å². The fourth-order valence-corrected chi connectivity index (χ4v) is 1.89. The summed E-state index contributed by atoms with van der Waals surface area (Å²) in [4.78, 5) is 11.2. The van der Waals surface area contributed by atoms with Gasteiger partial charge in [-0.3, -0.25) is 9.48 Å². The van der Waals surface area contributed by atoms with E-state index in [2.05, 4.69) is 25.8 Å². The van der Waals surface area contributed by atoms with Crippen LogP contribution in [0, 0.1) is 0 Å². The minimum Gasteiger partial charge on any atom is -0.469 e. The maximum atomic E-state index is 11.2. The Morgan fingerprint density at radius 2 is 2.47 bits per heavy atom. The Balaban J connectivity index is 2.82. The Morgan fingerprint density at radius 3 is 2.87 bits per heavy atom. The van der Waals surface area contributed by atoms with E-state index in [-0.39, 0.29) is 18.3 Å². The highest BCUT2D eigenvalue weighted by molar-refractivity contribution is 9.10. The molecule has 0 saturated heterocycles. The van der Waals surface area contributed by atoms with E-state index in [9.17, 15) is 4.79 Å². The van der Waals surface area contributed by atoms with E-state index in [4.69, 9.17) is 5.73 Å². The number of aromatic nitrogens is 2. The van der Waals surface area contributed by atoms with Crippen LogP contribution in [0.2, 0.25) is 0 Å². The number of hydrogen-bond acceptors (Lipinski definition) is 4. The van der Waals surface area contributed by atoms with Gasteiger partial charge < -0.3 is 10.5 Å². The second kappa shape index (κ2) is 5.27. The van der Waals surface area contributed by atoms with Crippen LogP contribution in [0.25, 0.3) is 0 Å². The van der Waals surface area contributed by atoms with Gasteiger partial charge in [-0.2, -0.15) is 5.10 Å². The van der Waals surface area contributed by atoms with Crippen LogP contribution in [-0.4, -0.2) is 29.4 Å². The lowest BCUT2D eigenvalue weighted by molar-refractivity contribution is -0.141. The third-order valence-electron chi connectivity index (χ3n) is 2.23. The second-order valence-corrected chi connectivity index (χ2v) is 4.04. The first-order chi connectivity index (χ1) is 7.08. The zero-order valence-corrected chi connectivity index (χ0v) is 10.3. The molecule has 0 aliphatic heterocycles. The Kier molecular flexibility index (Phi) is 4.28. The van der Waals surface area contributed by atoms with Crippen molar-refractivity contribution in [2.24, 2.45) is 12.8 Å². The summed E-state index contributed by atoms with van der Waals surface area (Å²) < 4.78 is 7.07. The van der Waals surface area contributed by atoms with E-state index in [1.165, 1.54) is 7.11 Å². The zero-order valence-electron chi connectivity index (χ0n) is 8.74. The van der Waals surface area contributed by atoms with Gasteiger partial charge in [-0.1, -0.05) is 0 Å². The van der Waals surface area contributed by atoms with E-state index < -0.39 is 0 Å². The highest BCUT2D eigenvalue weighted by atomic mass is 79.9. The fraction of sp³-hybridized carbons (Fsp3) is 0.556. The fourth-order valence-electron chi connectivity index (χ4n) is 1.42. The Labute approximate surface area is 96.7 Å². The van der Waals surface area contributed by atoms with E-state index in [0.717, 1.165) is 10.3 Å². The van der Waals surface area contributed by atoms with Crippen LogP contribution in [0.3, 0.4) is 0 Å². The van der Waals surface area contributed by atoms with Gasteiger partial charge in [0.25, 0.3) is 0 Å². The third kappa shape index (κ3) is 3.04. The molecule has 2 N–H and O–H groups in total. The van der Waals surface area contributed by atoms with Gasteiger partial charge in [0.2, 0.25) is 0 Å². The number of carbonyl (C=O) groups is 1. The predicted octanol–water partition coefficient (Wildman–Crippen LogP) is 0.788. The summed E-state index contributed by atoms with van der Waals surface area (Å²) in [5, 5.41) is 4.14. The summed E-state index contributed by atoms with van der Waals surface area (Å²) in [5.74, 6) is -0.316.